The number of anilines is 1. The summed E-state index contributed by atoms with van der Waals surface area (Å²) >= 11 is 1.30. The monoisotopic (exact) mass is 478 g/mol. The maximum Gasteiger partial charge on any atom is 0.242 e. The van der Waals surface area contributed by atoms with Gasteiger partial charge in [-0.1, -0.05) is 23.9 Å². The van der Waals surface area contributed by atoms with Crippen LogP contribution in [0.1, 0.15) is 0 Å². The number of ether oxygens (including phenoxy) is 2. The number of imidazole rings is 1. The molecule has 0 atom stereocenters. The average molecular weight is 479 g/mol. The van der Waals surface area contributed by atoms with Gasteiger partial charge in [-0.05, 0) is 30.3 Å². The number of nitrogens with zero attached hydrogens (tertiary/aromatic N) is 3. The molecule has 0 spiro atoms. The molecule has 11 heteroatoms. The molecule has 1 aromatic heterocycles. The third kappa shape index (κ3) is 5.23. The number of thioether (sulfide) groups is 1. The predicted molar refractivity (Wildman–Crippen MR) is 125 cm³/mol. The van der Waals surface area contributed by atoms with Crippen molar-refractivity contribution in [3.63, 3.8) is 0 Å². The molecule has 0 unspecified atom stereocenters. The van der Waals surface area contributed by atoms with Gasteiger partial charge in [0.1, 0.15) is 5.75 Å². The second-order valence-electron chi connectivity index (χ2n) is 7.01. The van der Waals surface area contributed by atoms with Gasteiger partial charge in [-0.15, -0.1) is 0 Å². The first kappa shape index (κ1) is 24.1. The van der Waals surface area contributed by atoms with Crippen molar-refractivity contribution in [2.75, 3.05) is 46.0 Å². The van der Waals surface area contributed by atoms with Crippen LogP contribution in [0.3, 0.4) is 0 Å². The van der Waals surface area contributed by atoms with Crippen LogP contribution in [-0.4, -0.2) is 68.9 Å². The van der Waals surface area contributed by atoms with Crippen molar-refractivity contribution in [2.45, 2.75) is 16.6 Å². The summed E-state index contributed by atoms with van der Waals surface area (Å²) < 4.78 is 38.5. The fraction of sp³-hybridized carbons (Fsp3) is 0.333. The molecule has 0 radical (unpaired) electrons. The molecule has 3 aromatic rings. The molecule has 1 amide bonds. The summed E-state index contributed by atoms with van der Waals surface area (Å²) in [5, 5.41) is 3.45. The summed E-state index contributed by atoms with van der Waals surface area (Å²) in [6.45, 7) is 1.13. The Hall–Kier alpha value is -2.60. The van der Waals surface area contributed by atoms with Crippen LogP contribution in [0.15, 0.2) is 52.5 Å². The molecule has 1 heterocycles. The van der Waals surface area contributed by atoms with Crippen LogP contribution in [0.4, 0.5) is 5.69 Å². The smallest absolute Gasteiger partial charge is 0.242 e. The molecule has 0 aliphatic heterocycles. The lowest BCUT2D eigenvalue weighted by molar-refractivity contribution is -0.113. The number of rotatable bonds is 10. The topological polar surface area (TPSA) is 103 Å². The molecular weight excluding hydrogens is 452 g/mol. The molecule has 0 aliphatic carbocycles. The number of carbonyl (C=O) groups excluding carboxylic acids is 1. The summed E-state index contributed by atoms with van der Waals surface area (Å²) in [7, 11) is 2.34. The fourth-order valence-corrected chi connectivity index (χ4v) is 4.80. The number of para-hydroxylation sites is 2. The van der Waals surface area contributed by atoms with Crippen LogP contribution < -0.4 is 10.1 Å². The summed E-state index contributed by atoms with van der Waals surface area (Å²) in [5.41, 5.74) is 2.10. The summed E-state index contributed by atoms with van der Waals surface area (Å²) in [6, 6.07) is 12.1. The number of hydrogen-bond acceptors (Lipinski definition) is 7. The van der Waals surface area contributed by atoms with Crippen LogP contribution in [0.5, 0.6) is 5.75 Å². The molecule has 172 valence electrons. The van der Waals surface area contributed by atoms with E-state index in [0.717, 1.165) is 15.3 Å². The average Bonchev–Trinajstić information content (AvgIpc) is 3.13. The van der Waals surface area contributed by atoms with Gasteiger partial charge in [0, 0.05) is 27.7 Å². The third-order valence-electron chi connectivity index (χ3n) is 4.69. The van der Waals surface area contributed by atoms with Crippen molar-refractivity contribution >= 4 is 44.4 Å². The molecule has 3 rings (SSSR count). The Bertz CT molecular complexity index is 1210. The number of sulfonamides is 1. The normalized spacial score (nSPS) is 11.8. The second-order valence-corrected chi connectivity index (χ2v) is 10.1. The van der Waals surface area contributed by atoms with Crippen LogP contribution in [-0.2, 0) is 26.1 Å². The van der Waals surface area contributed by atoms with Gasteiger partial charge in [0.05, 0.1) is 41.1 Å². The second kappa shape index (κ2) is 10.3. The fourth-order valence-electron chi connectivity index (χ4n) is 3.03. The van der Waals surface area contributed by atoms with E-state index in [1.165, 1.54) is 51.2 Å². The van der Waals surface area contributed by atoms with E-state index in [1.54, 1.807) is 7.11 Å². The SMILES string of the molecule is COCCn1c(SCC(=O)Nc2cc(S(=O)(=O)N(C)C)ccc2OC)nc2ccccc21. The Labute approximate surface area is 191 Å². The Morgan fingerprint density at radius 1 is 1.19 bits per heavy atom. The molecule has 9 nitrogen and oxygen atoms in total. The van der Waals surface area contributed by atoms with Crippen molar-refractivity contribution in [2.24, 2.45) is 0 Å². The molecule has 0 saturated carbocycles. The molecule has 32 heavy (non-hydrogen) atoms. The van der Waals surface area contributed by atoms with Gasteiger partial charge in [-0.3, -0.25) is 4.79 Å². The Kier molecular flexibility index (Phi) is 7.77. The van der Waals surface area contributed by atoms with E-state index in [-0.39, 0.29) is 22.2 Å². The highest BCUT2D eigenvalue weighted by molar-refractivity contribution is 7.99. The van der Waals surface area contributed by atoms with Crippen molar-refractivity contribution in [3.05, 3.63) is 42.5 Å². The first-order valence-electron chi connectivity index (χ1n) is 9.75. The predicted octanol–water partition coefficient (Wildman–Crippen LogP) is 2.67. The zero-order valence-electron chi connectivity index (χ0n) is 18.4. The third-order valence-corrected chi connectivity index (χ3v) is 7.48. The van der Waals surface area contributed by atoms with Crippen LogP contribution >= 0.6 is 11.8 Å². The zero-order chi connectivity index (χ0) is 23.3. The molecule has 2 aromatic carbocycles. The van der Waals surface area contributed by atoms with Gasteiger partial charge >= 0.3 is 0 Å². The van der Waals surface area contributed by atoms with Gasteiger partial charge in [0.2, 0.25) is 15.9 Å². The van der Waals surface area contributed by atoms with Gasteiger partial charge in [-0.2, -0.15) is 0 Å². The van der Waals surface area contributed by atoms with Gasteiger partial charge < -0.3 is 19.4 Å². The lowest BCUT2D eigenvalue weighted by Crippen LogP contribution is -2.22. The van der Waals surface area contributed by atoms with Crippen LogP contribution in [0.2, 0.25) is 0 Å². The molecule has 0 aliphatic rings. The molecule has 0 saturated heterocycles. The number of nitrogens with one attached hydrogen (secondary N) is 1. The molecule has 0 bridgehead atoms. The van der Waals surface area contributed by atoms with Crippen molar-refractivity contribution < 1.29 is 22.7 Å². The Balaban J connectivity index is 1.78. The summed E-state index contributed by atoms with van der Waals surface area (Å²) in [5.74, 6) is 0.149. The minimum absolute atomic E-state index is 0.0626. The van der Waals surface area contributed by atoms with E-state index in [4.69, 9.17) is 9.47 Å². The minimum Gasteiger partial charge on any atom is -0.495 e. The van der Waals surface area contributed by atoms with E-state index in [0.29, 0.717) is 24.1 Å². The lowest BCUT2D eigenvalue weighted by Gasteiger charge is -2.15. The van der Waals surface area contributed by atoms with Crippen molar-refractivity contribution in [1.29, 1.82) is 0 Å². The number of aromatic nitrogens is 2. The summed E-state index contributed by atoms with van der Waals surface area (Å²) in [4.78, 5) is 17.4. The Morgan fingerprint density at radius 3 is 2.62 bits per heavy atom. The van der Waals surface area contributed by atoms with Gasteiger partial charge in [-0.25, -0.2) is 17.7 Å². The standard InChI is InChI=1S/C21H26N4O5S2/c1-24(2)32(27,28)15-9-10-19(30-4)17(13-15)22-20(26)14-31-21-23-16-7-5-6-8-18(16)25(21)11-12-29-3/h5-10,13H,11-12,14H2,1-4H3,(H,22,26). The molecule has 1 N–H and O–H groups in total. The van der Waals surface area contributed by atoms with Gasteiger partial charge in [0.15, 0.2) is 5.16 Å². The van der Waals surface area contributed by atoms with E-state index >= 15 is 0 Å². The first-order valence-corrected chi connectivity index (χ1v) is 12.2. The summed E-state index contributed by atoms with van der Waals surface area (Å²) in [6.07, 6.45) is 0. The number of hydrogen-bond donors (Lipinski definition) is 1. The van der Waals surface area contributed by atoms with Crippen LogP contribution in [0, 0.1) is 0 Å². The van der Waals surface area contributed by atoms with Crippen LogP contribution in [0.25, 0.3) is 11.0 Å². The number of methoxy groups -OCH3 is 2. The zero-order valence-corrected chi connectivity index (χ0v) is 20.0. The quantitative estimate of drug-likeness (QED) is 0.447. The maximum atomic E-state index is 12.7. The van der Waals surface area contributed by atoms with Crippen molar-refractivity contribution in [3.8, 4) is 5.75 Å². The maximum absolute atomic E-state index is 12.7. The first-order chi connectivity index (χ1) is 15.3. The highest BCUT2D eigenvalue weighted by atomic mass is 32.2. The lowest BCUT2D eigenvalue weighted by atomic mass is 10.3. The molecular formula is C21H26N4O5S2. The minimum atomic E-state index is -3.65. The van der Waals surface area contributed by atoms with E-state index in [2.05, 4.69) is 10.3 Å². The van der Waals surface area contributed by atoms with Gasteiger partial charge in [0.25, 0.3) is 0 Å². The molecule has 0 fully saturated rings. The highest BCUT2D eigenvalue weighted by Gasteiger charge is 2.20. The van der Waals surface area contributed by atoms with E-state index in [9.17, 15) is 13.2 Å². The Morgan fingerprint density at radius 2 is 1.94 bits per heavy atom. The number of benzene rings is 2. The number of fused-ring (bicyclic) bond motifs is 1. The van der Waals surface area contributed by atoms with E-state index in [1.807, 2.05) is 28.8 Å². The number of amides is 1. The van der Waals surface area contributed by atoms with E-state index < -0.39 is 10.0 Å². The number of carbonyl (C=O) groups is 1. The van der Waals surface area contributed by atoms with Crippen molar-refractivity contribution in [1.82, 2.24) is 13.9 Å². The largest absolute Gasteiger partial charge is 0.495 e. The highest BCUT2D eigenvalue weighted by Crippen LogP contribution is 2.29.